The minimum atomic E-state index is -0.775. The fraction of sp³-hybridized carbons (Fsp3) is 0.300. The lowest BCUT2D eigenvalue weighted by Gasteiger charge is -2.26. The Bertz CT molecular complexity index is 1650. The van der Waals surface area contributed by atoms with E-state index < -0.39 is 12.0 Å². The van der Waals surface area contributed by atoms with E-state index in [1.165, 1.54) is 11.3 Å². The number of fused-ring (bicyclic) bond motifs is 1. The first-order chi connectivity index (χ1) is 19.2. The van der Waals surface area contributed by atoms with Crippen molar-refractivity contribution in [2.75, 3.05) is 20.3 Å². The number of halogens is 1. The topological polar surface area (TPSA) is 88.4 Å². The quantitative estimate of drug-likeness (QED) is 0.234. The van der Waals surface area contributed by atoms with E-state index in [2.05, 4.69) is 27.5 Å². The van der Waals surface area contributed by atoms with Crippen molar-refractivity contribution in [2.24, 2.45) is 4.99 Å². The van der Waals surface area contributed by atoms with Crippen molar-refractivity contribution in [3.05, 3.63) is 95.6 Å². The van der Waals surface area contributed by atoms with Gasteiger partial charge in [0, 0.05) is 5.56 Å². The molecule has 0 unspecified atom stereocenters. The number of nitrogens with zero attached hydrogens (tertiary/aromatic N) is 2. The third-order valence-electron chi connectivity index (χ3n) is 5.99. The minimum absolute atomic E-state index is 0.111. The van der Waals surface area contributed by atoms with E-state index in [1.807, 2.05) is 44.2 Å². The second-order valence-electron chi connectivity index (χ2n) is 9.14. The summed E-state index contributed by atoms with van der Waals surface area (Å²) in [6.45, 7) is 11.5. The Balaban J connectivity index is 1.94. The largest absolute Gasteiger partial charge is 0.493 e. The van der Waals surface area contributed by atoms with Crippen LogP contribution in [0.4, 0.5) is 0 Å². The number of allylic oxidation sites excluding steroid dienone is 1. The first-order valence-corrected chi connectivity index (χ1v) is 14.4. The highest BCUT2D eigenvalue weighted by Crippen LogP contribution is 2.38. The van der Waals surface area contributed by atoms with Crippen molar-refractivity contribution in [3.63, 3.8) is 0 Å². The minimum Gasteiger partial charge on any atom is -0.493 e. The van der Waals surface area contributed by atoms with Gasteiger partial charge in [-0.1, -0.05) is 42.2 Å². The Morgan fingerprint density at radius 1 is 1.25 bits per heavy atom. The number of carbonyl (C=O) groups excluding carboxylic acids is 1. The molecule has 1 atom stereocenters. The fourth-order valence-electron chi connectivity index (χ4n) is 4.41. The Morgan fingerprint density at radius 3 is 2.67 bits per heavy atom. The number of thiazole rings is 1. The van der Waals surface area contributed by atoms with E-state index in [9.17, 15) is 9.59 Å². The highest BCUT2D eigenvalue weighted by Gasteiger charge is 2.35. The molecule has 210 valence electrons. The van der Waals surface area contributed by atoms with Gasteiger partial charge < -0.3 is 18.9 Å². The van der Waals surface area contributed by atoms with Crippen molar-refractivity contribution in [1.29, 1.82) is 0 Å². The van der Waals surface area contributed by atoms with Gasteiger partial charge >= 0.3 is 5.97 Å². The number of aromatic nitrogens is 1. The molecule has 0 aliphatic carbocycles. The van der Waals surface area contributed by atoms with Crippen molar-refractivity contribution in [2.45, 2.75) is 39.8 Å². The first-order valence-electron chi connectivity index (χ1n) is 12.8. The molecule has 4 rings (SSSR count). The normalized spacial score (nSPS) is 15.0. The van der Waals surface area contributed by atoms with Gasteiger partial charge in [0.25, 0.3) is 5.56 Å². The average Bonchev–Trinajstić information content (AvgIpc) is 3.21. The zero-order valence-electron chi connectivity index (χ0n) is 23.0. The SMILES string of the molecule is C=CCOc1c(Br)cc(/C=c2/sc3n(c2=O)[C@H](c2ccccc2OC(C)C)C(C(=O)OCC)=C(C)N=3)cc1OC. The number of rotatable bonds is 10. The molecule has 0 fully saturated rings. The lowest BCUT2D eigenvalue weighted by molar-refractivity contribution is -0.139. The van der Waals surface area contributed by atoms with E-state index in [4.69, 9.17) is 18.9 Å². The number of esters is 1. The molecule has 0 saturated carbocycles. The summed E-state index contributed by atoms with van der Waals surface area (Å²) < 4.78 is 25.4. The van der Waals surface area contributed by atoms with Gasteiger partial charge in [0.05, 0.1) is 40.1 Å². The maximum atomic E-state index is 14.0. The van der Waals surface area contributed by atoms with Gasteiger partial charge in [-0.3, -0.25) is 9.36 Å². The summed E-state index contributed by atoms with van der Waals surface area (Å²) >= 11 is 4.79. The highest BCUT2D eigenvalue weighted by atomic mass is 79.9. The van der Waals surface area contributed by atoms with E-state index in [1.54, 1.807) is 43.7 Å². The van der Waals surface area contributed by atoms with Gasteiger partial charge in [-0.15, -0.1) is 0 Å². The summed E-state index contributed by atoms with van der Waals surface area (Å²) in [5.74, 6) is 1.11. The second kappa shape index (κ2) is 12.7. The molecule has 0 spiro atoms. The van der Waals surface area contributed by atoms with Crippen LogP contribution in [0, 0.1) is 0 Å². The van der Waals surface area contributed by atoms with Gasteiger partial charge in [0.1, 0.15) is 18.4 Å². The monoisotopic (exact) mass is 626 g/mol. The Labute approximate surface area is 245 Å². The molecule has 2 aromatic carbocycles. The molecule has 0 saturated heterocycles. The number of ether oxygens (including phenoxy) is 4. The van der Waals surface area contributed by atoms with Crippen LogP contribution in [-0.4, -0.2) is 37.0 Å². The van der Waals surface area contributed by atoms with Crippen LogP contribution in [0.3, 0.4) is 0 Å². The third-order valence-corrected chi connectivity index (χ3v) is 7.56. The average molecular weight is 628 g/mol. The predicted octanol–water partition coefficient (Wildman–Crippen LogP) is 4.92. The molecule has 8 nitrogen and oxygen atoms in total. The van der Waals surface area contributed by atoms with Crippen LogP contribution in [0.2, 0.25) is 0 Å². The molecule has 0 radical (unpaired) electrons. The predicted molar refractivity (Wildman–Crippen MR) is 159 cm³/mol. The molecule has 1 aliphatic heterocycles. The number of methoxy groups -OCH3 is 1. The van der Waals surface area contributed by atoms with Crippen LogP contribution in [0.25, 0.3) is 6.08 Å². The van der Waals surface area contributed by atoms with Gasteiger partial charge in [-0.2, -0.15) is 0 Å². The van der Waals surface area contributed by atoms with Gasteiger partial charge in [0.2, 0.25) is 0 Å². The smallest absolute Gasteiger partial charge is 0.338 e. The lowest BCUT2D eigenvalue weighted by atomic mass is 9.95. The van der Waals surface area contributed by atoms with E-state index in [0.717, 1.165) is 5.56 Å². The second-order valence-corrected chi connectivity index (χ2v) is 11.0. The molecule has 10 heteroatoms. The van der Waals surface area contributed by atoms with Crippen molar-refractivity contribution in [1.82, 2.24) is 4.57 Å². The van der Waals surface area contributed by atoms with Crippen molar-refractivity contribution >= 4 is 39.3 Å². The van der Waals surface area contributed by atoms with Crippen molar-refractivity contribution in [3.8, 4) is 17.2 Å². The Kier molecular flexibility index (Phi) is 9.32. The summed E-state index contributed by atoms with van der Waals surface area (Å²) in [6, 6.07) is 10.3. The summed E-state index contributed by atoms with van der Waals surface area (Å²) in [7, 11) is 1.55. The number of hydrogen-bond acceptors (Lipinski definition) is 8. The van der Waals surface area contributed by atoms with E-state index >= 15 is 0 Å². The van der Waals surface area contributed by atoms with Crippen molar-refractivity contribution < 1.29 is 23.7 Å². The van der Waals surface area contributed by atoms with Gasteiger partial charge in [0.15, 0.2) is 16.3 Å². The third kappa shape index (κ3) is 5.93. The highest BCUT2D eigenvalue weighted by molar-refractivity contribution is 9.10. The molecule has 0 N–H and O–H groups in total. The van der Waals surface area contributed by atoms with Crippen LogP contribution in [0.15, 0.2) is 74.6 Å². The molecule has 0 bridgehead atoms. The lowest BCUT2D eigenvalue weighted by Crippen LogP contribution is -2.40. The van der Waals surface area contributed by atoms with Gasteiger partial charge in [-0.05, 0) is 73.5 Å². The maximum Gasteiger partial charge on any atom is 0.338 e. The summed E-state index contributed by atoms with van der Waals surface area (Å²) in [5.41, 5.74) is 1.90. The molecular weight excluding hydrogens is 596 g/mol. The van der Waals surface area contributed by atoms with Gasteiger partial charge in [-0.25, -0.2) is 9.79 Å². The number of hydrogen-bond donors (Lipinski definition) is 0. The van der Waals surface area contributed by atoms with E-state index in [0.29, 0.717) is 54.5 Å². The van der Waals surface area contributed by atoms with Crippen LogP contribution in [0.5, 0.6) is 17.2 Å². The summed E-state index contributed by atoms with van der Waals surface area (Å²) in [5, 5.41) is 0. The number of benzene rings is 2. The standard InChI is InChI=1S/C30H31BrN2O6S/c1-7-13-38-27-21(31)14-19(15-23(27)36-6)16-24-28(34)33-26(20-11-9-10-12-22(20)39-17(3)4)25(29(35)37-8-2)18(5)32-30(33)40-24/h7,9-12,14-17,26H,1,8,13H2,2-6H3/b24-16+/t26-/m1/s1. The van der Waals surface area contributed by atoms with Crippen LogP contribution in [0.1, 0.15) is 44.9 Å². The molecule has 3 aromatic rings. The Morgan fingerprint density at radius 2 is 2.00 bits per heavy atom. The summed E-state index contributed by atoms with van der Waals surface area (Å²) in [4.78, 5) is 32.4. The number of para-hydroxylation sites is 1. The molecular formula is C30H31BrN2O6S. The van der Waals surface area contributed by atoms with E-state index in [-0.39, 0.29) is 18.3 Å². The van der Waals surface area contributed by atoms with Crippen LogP contribution < -0.4 is 29.1 Å². The molecule has 1 aromatic heterocycles. The molecule has 0 amide bonds. The zero-order chi connectivity index (χ0) is 29.0. The first kappa shape index (κ1) is 29.4. The zero-order valence-corrected chi connectivity index (χ0v) is 25.4. The van der Waals surface area contributed by atoms with Crippen LogP contribution >= 0.6 is 27.3 Å². The molecule has 2 heterocycles. The summed E-state index contributed by atoms with van der Waals surface area (Å²) in [6.07, 6.45) is 3.30. The maximum absolute atomic E-state index is 14.0. The van der Waals surface area contributed by atoms with Crippen LogP contribution in [-0.2, 0) is 9.53 Å². The number of carbonyl (C=O) groups is 1. The molecule has 40 heavy (non-hydrogen) atoms. The Hall–Kier alpha value is -3.63. The molecule has 1 aliphatic rings. The fourth-order valence-corrected chi connectivity index (χ4v) is 6.03.